The lowest BCUT2D eigenvalue weighted by atomic mass is 10.3. The molecule has 6 heteroatoms. The fourth-order valence-corrected chi connectivity index (χ4v) is 2.46. The predicted molar refractivity (Wildman–Crippen MR) is 78.9 cm³/mol. The second kappa shape index (κ2) is 6.36. The minimum Gasteiger partial charge on any atom is -0.399 e. The molecule has 1 aliphatic rings. The van der Waals surface area contributed by atoms with E-state index in [1.165, 1.54) is 0 Å². The van der Waals surface area contributed by atoms with E-state index in [1.54, 1.807) is 18.2 Å². The minimum atomic E-state index is -0.0779. The number of amides is 1. The number of carbonyl (C=O) groups excluding carboxylic acids is 1. The van der Waals surface area contributed by atoms with Gasteiger partial charge in [-0.25, -0.2) is 0 Å². The molecule has 0 bridgehead atoms. The molecule has 19 heavy (non-hydrogen) atoms. The van der Waals surface area contributed by atoms with E-state index in [-0.39, 0.29) is 12.5 Å². The minimum absolute atomic E-state index is 0.0779. The van der Waals surface area contributed by atoms with E-state index in [0.29, 0.717) is 30.5 Å². The molecule has 1 aromatic carbocycles. The Morgan fingerprint density at radius 1 is 1.53 bits per heavy atom. The number of halogens is 1. The van der Waals surface area contributed by atoms with Crippen LogP contribution in [0, 0.1) is 0 Å². The SMILES string of the molecule is Nc1ccc(NC(=O)CN(CCO)C2CC2)c(Br)c1. The molecule has 0 radical (unpaired) electrons. The number of aliphatic hydroxyl groups excluding tert-OH is 1. The number of rotatable bonds is 6. The summed E-state index contributed by atoms with van der Waals surface area (Å²) in [5.41, 5.74) is 7.00. The molecule has 2 rings (SSSR count). The van der Waals surface area contributed by atoms with Crippen molar-refractivity contribution in [1.29, 1.82) is 0 Å². The van der Waals surface area contributed by atoms with Gasteiger partial charge in [0.15, 0.2) is 0 Å². The first kappa shape index (κ1) is 14.3. The van der Waals surface area contributed by atoms with Crippen molar-refractivity contribution in [3.8, 4) is 0 Å². The van der Waals surface area contributed by atoms with Crippen LogP contribution in [-0.2, 0) is 4.79 Å². The van der Waals surface area contributed by atoms with Gasteiger partial charge in [0.05, 0.1) is 18.8 Å². The van der Waals surface area contributed by atoms with Gasteiger partial charge >= 0.3 is 0 Å². The number of carbonyl (C=O) groups is 1. The number of hydrogen-bond donors (Lipinski definition) is 3. The summed E-state index contributed by atoms with van der Waals surface area (Å²) >= 11 is 3.37. The van der Waals surface area contributed by atoms with E-state index in [2.05, 4.69) is 21.2 Å². The van der Waals surface area contributed by atoms with Gasteiger partial charge in [-0.15, -0.1) is 0 Å². The van der Waals surface area contributed by atoms with E-state index in [9.17, 15) is 4.79 Å². The Bertz CT molecular complexity index is 463. The third kappa shape index (κ3) is 4.19. The highest BCUT2D eigenvalue weighted by Gasteiger charge is 2.29. The van der Waals surface area contributed by atoms with Crippen LogP contribution < -0.4 is 11.1 Å². The lowest BCUT2D eigenvalue weighted by Gasteiger charge is -2.20. The Morgan fingerprint density at radius 3 is 2.84 bits per heavy atom. The molecule has 0 spiro atoms. The molecule has 0 aromatic heterocycles. The number of nitrogens with one attached hydrogen (secondary N) is 1. The Kier molecular flexibility index (Phi) is 4.79. The van der Waals surface area contributed by atoms with Crippen LogP contribution in [0.5, 0.6) is 0 Å². The van der Waals surface area contributed by atoms with Gasteiger partial charge in [0, 0.05) is 22.7 Å². The molecule has 0 atom stereocenters. The van der Waals surface area contributed by atoms with Gasteiger partial charge in [-0.3, -0.25) is 9.69 Å². The van der Waals surface area contributed by atoms with Gasteiger partial charge in [-0.05, 0) is 47.0 Å². The van der Waals surface area contributed by atoms with Gasteiger partial charge in [-0.2, -0.15) is 0 Å². The summed E-state index contributed by atoms with van der Waals surface area (Å²) in [5.74, 6) is -0.0779. The lowest BCUT2D eigenvalue weighted by molar-refractivity contribution is -0.117. The van der Waals surface area contributed by atoms with Gasteiger partial charge in [0.25, 0.3) is 0 Å². The van der Waals surface area contributed by atoms with Crippen molar-refractivity contribution in [2.24, 2.45) is 0 Å². The highest BCUT2D eigenvalue weighted by Crippen LogP contribution is 2.27. The van der Waals surface area contributed by atoms with E-state index in [4.69, 9.17) is 10.8 Å². The van der Waals surface area contributed by atoms with E-state index in [0.717, 1.165) is 17.3 Å². The zero-order valence-corrected chi connectivity index (χ0v) is 12.2. The standard InChI is InChI=1S/C13H18BrN3O2/c14-11-7-9(15)1-4-12(11)16-13(19)8-17(5-6-18)10-2-3-10/h1,4,7,10,18H,2-3,5-6,8,15H2,(H,16,19). The number of nitrogens with two attached hydrogens (primary N) is 1. The number of anilines is 2. The first-order chi connectivity index (χ1) is 9.10. The monoisotopic (exact) mass is 327 g/mol. The molecule has 1 saturated carbocycles. The van der Waals surface area contributed by atoms with Gasteiger partial charge in [-0.1, -0.05) is 0 Å². The van der Waals surface area contributed by atoms with E-state index < -0.39 is 0 Å². The summed E-state index contributed by atoms with van der Waals surface area (Å²) in [4.78, 5) is 14.0. The molecule has 1 amide bonds. The van der Waals surface area contributed by atoms with Crippen LogP contribution in [0.2, 0.25) is 0 Å². The van der Waals surface area contributed by atoms with Crippen molar-refractivity contribution in [2.45, 2.75) is 18.9 Å². The van der Waals surface area contributed by atoms with Crippen LogP contribution >= 0.6 is 15.9 Å². The fourth-order valence-electron chi connectivity index (χ4n) is 1.97. The molecule has 104 valence electrons. The molecular formula is C13H18BrN3O2. The second-order valence-electron chi connectivity index (χ2n) is 4.71. The van der Waals surface area contributed by atoms with Crippen molar-refractivity contribution < 1.29 is 9.90 Å². The molecule has 0 heterocycles. The van der Waals surface area contributed by atoms with Crippen LogP contribution in [-0.4, -0.2) is 41.7 Å². The van der Waals surface area contributed by atoms with Crippen LogP contribution in [0.3, 0.4) is 0 Å². The fraction of sp³-hybridized carbons (Fsp3) is 0.462. The highest BCUT2D eigenvalue weighted by molar-refractivity contribution is 9.10. The summed E-state index contributed by atoms with van der Waals surface area (Å²) in [6, 6.07) is 5.72. The topological polar surface area (TPSA) is 78.6 Å². The maximum Gasteiger partial charge on any atom is 0.238 e. The molecule has 0 unspecified atom stereocenters. The largest absolute Gasteiger partial charge is 0.399 e. The summed E-state index contributed by atoms with van der Waals surface area (Å²) in [7, 11) is 0. The molecule has 1 fully saturated rings. The lowest BCUT2D eigenvalue weighted by Crippen LogP contribution is -2.36. The van der Waals surface area contributed by atoms with Crippen molar-refractivity contribution in [3.05, 3.63) is 22.7 Å². The number of nitrogen functional groups attached to an aromatic ring is 1. The van der Waals surface area contributed by atoms with Gasteiger partial charge in [0.1, 0.15) is 0 Å². The molecule has 1 aliphatic carbocycles. The molecule has 5 nitrogen and oxygen atoms in total. The number of aliphatic hydroxyl groups is 1. The third-order valence-electron chi connectivity index (χ3n) is 3.06. The third-order valence-corrected chi connectivity index (χ3v) is 3.72. The zero-order valence-electron chi connectivity index (χ0n) is 10.6. The number of benzene rings is 1. The number of hydrogen-bond acceptors (Lipinski definition) is 4. The normalized spacial score (nSPS) is 14.7. The summed E-state index contributed by atoms with van der Waals surface area (Å²) in [6.45, 7) is 0.929. The Balaban J connectivity index is 1.92. The summed E-state index contributed by atoms with van der Waals surface area (Å²) in [5, 5.41) is 11.8. The van der Waals surface area contributed by atoms with Crippen LogP contribution in [0.4, 0.5) is 11.4 Å². The predicted octanol–water partition coefficient (Wildman–Crippen LogP) is 1.43. The van der Waals surface area contributed by atoms with Crippen molar-refractivity contribution in [3.63, 3.8) is 0 Å². The van der Waals surface area contributed by atoms with E-state index in [1.807, 2.05) is 4.90 Å². The quantitative estimate of drug-likeness (QED) is 0.690. The average Bonchev–Trinajstić information content (AvgIpc) is 3.16. The summed E-state index contributed by atoms with van der Waals surface area (Å²) < 4.78 is 0.765. The van der Waals surface area contributed by atoms with Crippen molar-refractivity contribution in [2.75, 3.05) is 30.7 Å². The zero-order chi connectivity index (χ0) is 13.8. The average molecular weight is 328 g/mol. The molecular weight excluding hydrogens is 310 g/mol. The smallest absolute Gasteiger partial charge is 0.238 e. The first-order valence-corrected chi connectivity index (χ1v) is 7.09. The highest BCUT2D eigenvalue weighted by atomic mass is 79.9. The Hall–Kier alpha value is -1.11. The van der Waals surface area contributed by atoms with Crippen LogP contribution in [0.25, 0.3) is 0 Å². The maximum atomic E-state index is 12.0. The maximum absolute atomic E-state index is 12.0. The van der Waals surface area contributed by atoms with Gasteiger partial charge in [0.2, 0.25) is 5.91 Å². The van der Waals surface area contributed by atoms with Crippen molar-refractivity contribution in [1.82, 2.24) is 4.90 Å². The Morgan fingerprint density at radius 2 is 2.26 bits per heavy atom. The summed E-state index contributed by atoms with van der Waals surface area (Å²) in [6.07, 6.45) is 2.22. The molecule has 0 aliphatic heterocycles. The van der Waals surface area contributed by atoms with Crippen LogP contribution in [0.1, 0.15) is 12.8 Å². The van der Waals surface area contributed by atoms with E-state index >= 15 is 0 Å². The van der Waals surface area contributed by atoms with Crippen molar-refractivity contribution >= 4 is 33.2 Å². The molecule has 0 saturated heterocycles. The molecule has 1 aromatic rings. The van der Waals surface area contributed by atoms with Crippen LogP contribution in [0.15, 0.2) is 22.7 Å². The van der Waals surface area contributed by atoms with Gasteiger partial charge < -0.3 is 16.2 Å². The first-order valence-electron chi connectivity index (χ1n) is 6.30. The molecule has 4 N–H and O–H groups in total. The number of nitrogens with zero attached hydrogens (tertiary/aromatic N) is 1. The Labute approximate surface area is 120 Å². The second-order valence-corrected chi connectivity index (χ2v) is 5.57.